The van der Waals surface area contributed by atoms with Crippen LogP contribution in [0.1, 0.15) is 33.1 Å². The number of hydrogen-bond acceptors (Lipinski definition) is 3. The second-order valence-corrected chi connectivity index (χ2v) is 3.62. The molecule has 4 nitrogen and oxygen atoms in total. The Morgan fingerprint density at radius 1 is 1.43 bits per heavy atom. The molecule has 0 aromatic carbocycles. The standard InChI is InChI=1S/C10H17NO3/c1-4-9(12)11-7(2)5-6-8(11)10(13)14-3/h7-8H,4-6H2,1-3H3/t7-,8?/m1/s1. The molecule has 0 spiro atoms. The van der Waals surface area contributed by atoms with Crippen molar-refractivity contribution in [2.75, 3.05) is 7.11 Å². The Morgan fingerprint density at radius 2 is 2.07 bits per heavy atom. The molecule has 1 aliphatic heterocycles. The lowest BCUT2D eigenvalue weighted by molar-refractivity contribution is -0.151. The maximum absolute atomic E-state index is 11.6. The molecule has 0 radical (unpaired) electrons. The normalized spacial score (nSPS) is 26.4. The van der Waals surface area contributed by atoms with Crippen LogP contribution in [0.4, 0.5) is 0 Å². The van der Waals surface area contributed by atoms with E-state index in [2.05, 4.69) is 4.74 Å². The van der Waals surface area contributed by atoms with Crippen LogP contribution < -0.4 is 0 Å². The summed E-state index contributed by atoms with van der Waals surface area (Å²) in [6.07, 6.45) is 2.04. The molecule has 1 heterocycles. The first-order chi connectivity index (χ1) is 6.61. The lowest BCUT2D eigenvalue weighted by Crippen LogP contribution is -2.44. The highest BCUT2D eigenvalue weighted by molar-refractivity contribution is 5.85. The number of ether oxygens (including phenoxy) is 1. The van der Waals surface area contributed by atoms with Gasteiger partial charge < -0.3 is 9.64 Å². The summed E-state index contributed by atoms with van der Waals surface area (Å²) in [5.41, 5.74) is 0. The number of amides is 1. The maximum atomic E-state index is 11.6. The van der Waals surface area contributed by atoms with Gasteiger partial charge in [-0.25, -0.2) is 4.79 Å². The summed E-state index contributed by atoms with van der Waals surface area (Å²) in [6, 6.07) is -0.200. The predicted molar refractivity (Wildman–Crippen MR) is 51.6 cm³/mol. The quantitative estimate of drug-likeness (QED) is 0.622. The number of methoxy groups -OCH3 is 1. The first kappa shape index (κ1) is 11.0. The molecule has 0 N–H and O–H groups in total. The molecule has 0 bridgehead atoms. The molecule has 80 valence electrons. The summed E-state index contributed by atoms with van der Waals surface area (Å²) in [5.74, 6) is -0.262. The van der Waals surface area contributed by atoms with Crippen LogP contribution in [0.25, 0.3) is 0 Å². The summed E-state index contributed by atoms with van der Waals surface area (Å²) >= 11 is 0. The van der Waals surface area contributed by atoms with Crippen molar-refractivity contribution in [3.05, 3.63) is 0 Å². The van der Waals surface area contributed by atoms with Crippen LogP contribution in [0.15, 0.2) is 0 Å². The van der Waals surface area contributed by atoms with Crippen LogP contribution in [0.3, 0.4) is 0 Å². The van der Waals surface area contributed by atoms with Crippen molar-refractivity contribution < 1.29 is 14.3 Å². The molecular formula is C10H17NO3. The molecule has 1 saturated heterocycles. The van der Waals surface area contributed by atoms with Crippen LogP contribution in [0.5, 0.6) is 0 Å². The van der Waals surface area contributed by atoms with Crippen LogP contribution >= 0.6 is 0 Å². The van der Waals surface area contributed by atoms with Crippen LogP contribution in [0, 0.1) is 0 Å². The van der Waals surface area contributed by atoms with Crippen LogP contribution in [-0.4, -0.2) is 36.0 Å². The van der Waals surface area contributed by atoms with Crippen molar-refractivity contribution in [1.29, 1.82) is 0 Å². The molecule has 0 aliphatic carbocycles. The highest BCUT2D eigenvalue weighted by atomic mass is 16.5. The monoisotopic (exact) mass is 199 g/mol. The van der Waals surface area contributed by atoms with Gasteiger partial charge in [-0.1, -0.05) is 6.92 Å². The molecule has 4 heteroatoms. The summed E-state index contributed by atoms with van der Waals surface area (Å²) in [7, 11) is 1.36. The molecular weight excluding hydrogens is 182 g/mol. The van der Waals surface area contributed by atoms with Crippen LogP contribution in [0.2, 0.25) is 0 Å². The Balaban J connectivity index is 2.76. The Labute approximate surface area is 84.2 Å². The fourth-order valence-electron chi connectivity index (χ4n) is 1.95. The van der Waals surface area contributed by atoms with Crippen molar-refractivity contribution in [1.82, 2.24) is 4.90 Å². The van der Waals surface area contributed by atoms with Gasteiger partial charge in [-0.05, 0) is 19.8 Å². The summed E-state index contributed by atoms with van der Waals surface area (Å²) in [5, 5.41) is 0. The minimum atomic E-state index is -0.359. The van der Waals surface area contributed by atoms with E-state index < -0.39 is 0 Å². The smallest absolute Gasteiger partial charge is 0.328 e. The number of rotatable bonds is 2. The Kier molecular flexibility index (Phi) is 3.49. The van der Waals surface area contributed by atoms with Crippen molar-refractivity contribution in [2.24, 2.45) is 0 Å². The molecule has 14 heavy (non-hydrogen) atoms. The zero-order valence-electron chi connectivity index (χ0n) is 8.95. The molecule has 0 saturated carbocycles. The third kappa shape index (κ3) is 1.89. The largest absolute Gasteiger partial charge is 0.467 e. The van der Waals surface area contributed by atoms with E-state index in [1.807, 2.05) is 13.8 Å². The van der Waals surface area contributed by atoms with Crippen LogP contribution in [-0.2, 0) is 14.3 Å². The number of hydrogen-bond donors (Lipinski definition) is 0. The fraction of sp³-hybridized carbons (Fsp3) is 0.800. The third-order valence-electron chi connectivity index (χ3n) is 2.73. The molecule has 2 atom stereocenters. The zero-order chi connectivity index (χ0) is 10.7. The van der Waals surface area contributed by atoms with Gasteiger partial charge in [0.15, 0.2) is 0 Å². The topological polar surface area (TPSA) is 46.6 Å². The molecule has 1 fully saturated rings. The summed E-state index contributed by atoms with van der Waals surface area (Å²) < 4.78 is 4.67. The number of carbonyl (C=O) groups is 2. The van der Waals surface area contributed by atoms with Gasteiger partial charge in [0.1, 0.15) is 6.04 Å². The lowest BCUT2D eigenvalue weighted by atomic mass is 10.2. The van der Waals surface area contributed by atoms with E-state index in [4.69, 9.17) is 0 Å². The first-order valence-electron chi connectivity index (χ1n) is 5.00. The van der Waals surface area contributed by atoms with Gasteiger partial charge in [-0.2, -0.15) is 0 Å². The minimum absolute atomic E-state index is 0.0328. The fourth-order valence-corrected chi connectivity index (χ4v) is 1.95. The van der Waals surface area contributed by atoms with E-state index in [0.717, 1.165) is 12.8 Å². The van der Waals surface area contributed by atoms with Gasteiger partial charge in [0.05, 0.1) is 7.11 Å². The minimum Gasteiger partial charge on any atom is -0.467 e. The average Bonchev–Trinajstić information content (AvgIpc) is 2.58. The summed E-state index contributed by atoms with van der Waals surface area (Å²) in [4.78, 5) is 24.6. The predicted octanol–water partition coefficient (Wildman–Crippen LogP) is 0.949. The van der Waals surface area contributed by atoms with E-state index >= 15 is 0 Å². The maximum Gasteiger partial charge on any atom is 0.328 e. The Bertz CT molecular complexity index is 240. The van der Waals surface area contributed by atoms with Gasteiger partial charge >= 0.3 is 5.97 Å². The van der Waals surface area contributed by atoms with E-state index in [0.29, 0.717) is 6.42 Å². The van der Waals surface area contributed by atoms with E-state index in [1.54, 1.807) is 4.90 Å². The van der Waals surface area contributed by atoms with E-state index in [1.165, 1.54) is 7.11 Å². The summed E-state index contributed by atoms with van der Waals surface area (Å²) in [6.45, 7) is 3.78. The molecule has 0 aromatic heterocycles. The van der Waals surface area contributed by atoms with Gasteiger partial charge in [0.25, 0.3) is 0 Å². The average molecular weight is 199 g/mol. The Morgan fingerprint density at radius 3 is 2.57 bits per heavy atom. The van der Waals surface area contributed by atoms with Gasteiger partial charge in [0.2, 0.25) is 5.91 Å². The van der Waals surface area contributed by atoms with Gasteiger partial charge in [-0.15, -0.1) is 0 Å². The highest BCUT2D eigenvalue weighted by Crippen LogP contribution is 2.25. The van der Waals surface area contributed by atoms with Crippen molar-refractivity contribution in [3.63, 3.8) is 0 Å². The lowest BCUT2D eigenvalue weighted by Gasteiger charge is -2.26. The van der Waals surface area contributed by atoms with Gasteiger partial charge in [0, 0.05) is 12.5 Å². The SMILES string of the molecule is CCC(=O)N1C(C(=O)OC)CC[C@H]1C. The van der Waals surface area contributed by atoms with Crippen molar-refractivity contribution >= 4 is 11.9 Å². The zero-order valence-corrected chi connectivity index (χ0v) is 8.95. The highest BCUT2D eigenvalue weighted by Gasteiger charge is 2.38. The number of carbonyl (C=O) groups excluding carboxylic acids is 2. The first-order valence-corrected chi connectivity index (χ1v) is 5.00. The molecule has 1 amide bonds. The second-order valence-electron chi connectivity index (χ2n) is 3.62. The second kappa shape index (κ2) is 4.44. The third-order valence-corrected chi connectivity index (χ3v) is 2.73. The van der Waals surface area contributed by atoms with E-state index in [9.17, 15) is 9.59 Å². The molecule has 1 aliphatic rings. The molecule has 1 rings (SSSR count). The molecule has 0 aromatic rings. The molecule has 1 unspecified atom stereocenters. The van der Waals surface area contributed by atoms with Gasteiger partial charge in [-0.3, -0.25) is 4.79 Å². The van der Waals surface area contributed by atoms with E-state index in [-0.39, 0.29) is 24.0 Å². The van der Waals surface area contributed by atoms with Crippen molar-refractivity contribution in [2.45, 2.75) is 45.2 Å². The number of likely N-dealkylation sites (tertiary alicyclic amines) is 1. The Hall–Kier alpha value is -1.06. The van der Waals surface area contributed by atoms with Crippen molar-refractivity contribution in [3.8, 4) is 0 Å². The number of esters is 1. The number of nitrogens with zero attached hydrogens (tertiary/aromatic N) is 1.